The van der Waals surface area contributed by atoms with E-state index in [1.807, 2.05) is 6.92 Å². The fourth-order valence-corrected chi connectivity index (χ4v) is 1.44. The predicted octanol–water partition coefficient (Wildman–Crippen LogP) is 1.35. The third-order valence-electron chi connectivity index (χ3n) is 2.27. The van der Waals surface area contributed by atoms with Gasteiger partial charge in [-0.15, -0.1) is 0 Å². The third-order valence-corrected chi connectivity index (χ3v) is 2.27. The minimum atomic E-state index is 0.124. The zero-order chi connectivity index (χ0) is 8.27. The fraction of sp³-hybridized carbons (Fsp3) is 0.778. The van der Waals surface area contributed by atoms with Crippen LogP contribution in [0.25, 0.3) is 0 Å². The highest BCUT2D eigenvalue weighted by Gasteiger charge is 2.31. The summed E-state index contributed by atoms with van der Waals surface area (Å²) < 4.78 is 5.39. The fourth-order valence-electron chi connectivity index (χ4n) is 1.44. The van der Waals surface area contributed by atoms with Gasteiger partial charge in [0.25, 0.3) is 0 Å². The molecule has 1 aliphatic carbocycles. The molecule has 0 aromatic heterocycles. The van der Waals surface area contributed by atoms with Crippen LogP contribution in [-0.4, -0.2) is 24.4 Å². The Morgan fingerprint density at radius 2 is 2.36 bits per heavy atom. The molecule has 64 valence electrons. The van der Waals surface area contributed by atoms with Crippen LogP contribution in [0.5, 0.6) is 0 Å². The normalized spacial score (nSPS) is 29.6. The Labute approximate surface area is 67.9 Å². The van der Waals surface area contributed by atoms with Crippen LogP contribution in [0.2, 0.25) is 0 Å². The SMILES string of the molecule is C=C(C)[C@H]1CC[C@@H]1OCCO. The number of hydrogen-bond donors (Lipinski definition) is 1. The molecule has 0 aromatic carbocycles. The Morgan fingerprint density at radius 1 is 1.64 bits per heavy atom. The summed E-state index contributed by atoms with van der Waals surface area (Å²) in [6.07, 6.45) is 2.66. The molecule has 0 aromatic rings. The number of aliphatic hydroxyl groups is 1. The summed E-state index contributed by atoms with van der Waals surface area (Å²) in [7, 11) is 0. The lowest BCUT2D eigenvalue weighted by molar-refractivity contribution is -0.0445. The lowest BCUT2D eigenvalue weighted by atomic mass is 9.78. The van der Waals surface area contributed by atoms with Gasteiger partial charge in [0.2, 0.25) is 0 Å². The van der Waals surface area contributed by atoms with E-state index in [0.29, 0.717) is 18.6 Å². The van der Waals surface area contributed by atoms with Gasteiger partial charge in [-0.25, -0.2) is 0 Å². The minimum absolute atomic E-state index is 0.124. The largest absolute Gasteiger partial charge is 0.394 e. The van der Waals surface area contributed by atoms with Gasteiger partial charge in [0.05, 0.1) is 19.3 Å². The molecule has 0 heterocycles. The first-order valence-electron chi connectivity index (χ1n) is 4.13. The van der Waals surface area contributed by atoms with E-state index in [0.717, 1.165) is 6.42 Å². The summed E-state index contributed by atoms with van der Waals surface area (Å²) in [5.41, 5.74) is 1.21. The Balaban J connectivity index is 2.20. The molecular formula is C9H16O2. The van der Waals surface area contributed by atoms with Gasteiger partial charge in [-0.3, -0.25) is 0 Å². The number of rotatable bonds is 4. The van der Waals surface area contributed by atoms with Crippen LogP contribution in [0.3, 0.4) is 0 Å². The maximum Gasteiger partial charge on any atom is 0.0701 e. The molecular weight excluding hydrogens is 140 g/mol. The van der Waals surface area contributed by atoms with E-state index in [-0.39, 0.29) is 6.61 Å². The summed E-state index contributed by atoms with van der Waals surface area (Å²) in [6.45, 7) is 6.52. The van der Waals surface area contributed by atoms with Gasteiger partial charge in [-0.05, 0) is 19.8 Å². The van der Waals surface area contributed by atoms with Crippen molar-refractivity contribution < 1.29 is 9.84 Å². The van der Waals surface area contributed by atoms with Crippen molar-refractivity contribution in [3.63, 3.8) is 0 Å². The van der Waals surface area contributed by atoms with Crippen molar-refractivity contribution in [3.8, 4) is 0 Å². The van der Waals surface area contributed by atoms with Crippen molar-refractivity contribution in [2.24, 2.45) is 5.92 Å². The Morgan fingerprint density at radius 3 is 2.73 bits per heavy atom. The van der Waals surface area contributed by atoms with E-state index in [2.05, 4.69) is 6.58 Å². The monoisotopic (exact) mass is 156 g/mol. The summed E-state index contributed by atoms with van der Waals surface area (Å²) in [4.78, 5) is 0. The summed E-state index contributed by atoms with van der Waals surface area (Å²) >= 11 is 0. The molecule has 0 aliphatic heterocycles. The van der Waals surface area contributed by atoms with Gasteiger partial charge in [0.15, 0.2) is 0 Å². The highest BCUT2D eigenvalue weighted by molar-refractivity contribution is 5.05. The van der Waals surface area contributed by atoms with Crippen LogP contribution in [0.1, 0.15) is 19.8 Å². The third kappa shape index (κ3) is 2.04. The molecule has 2 nitrogen and oxygen atoms in total. The van der Waals surface area contributed by atoms with Crippen LogP contribution >= 0.6 is 0 Å². The first-order valence-corrected chi connectivity index (χ1v) is 4.13. The summed E-state index contributed by atoms with van der Waals surface area (Å²) in [5, 5.41) is 8.51. The topological polar surface area (TPSA) is 29.5 Å². The van der Waals surface area contributed by atoms with Crippen molar-refractivity contribution in [2.45, 2.75) is 25.9 Å². The van der Waals surface area contributed by atoms with Crippen LogP contribution in [-0.2, 0) is 4.74 Å². The average molecular weight is 156 g/mol. The summed E-state index contributed by atoms with van der Waals surface area (Å²) in [5.74, 6) is 0.543. The van der Waals surface area contributed by atoms with Crippen LogP contribution in [0, 0.1) is 5.92 Å². The van der Waals surface area contributed by atoms with E-state index in [9.17, 15) is 0 Å². The average Bonchev–Trinajstić information content (AvgIpc) is 1.84. The molecule has 1 aliphatic rings. The molecule has 1 N–H and O–H groups in total. The van der Waals surface area contributed by atoms with Crippen LogP contribution < -0.4 is 0 Å². The zero-order valence-corrected chi connectivity index (χ0v) is 7.05. The molecule has 2 atom stereocenters. The van der Waals surface area contributed by atoms with Crippen LogP contribution in [0.15, 0.2) is 12.2 Å². The summed E-state index contributed by atoms with van der Waals surface area (Å²) in [6, 6.07) is 0. The number of hydrogen-bond acceptors (Lipinski definition) is 2. The molecule has 2 heteroatoms. The Hall–Kier alpha value is -0.340. The zero-order valence-electron chi connectivity index (χ0n) is 7.05. The second-order valence-corrected chi connectivity index (χ2v) is 3.16. The van der Waals surface area contributed by atoms with Crippen molar-refractivity contribution in [1.82, 2.24) is 0 Å². The lowest BCUT2D eigenvalue weighted by Crippen LogP contribution is -2.35. The molecule has 0 saturated heterocycles. The van der Waals surface area contributed by atoms with Gasteiger partial charge in [-0.2, -0.15) is 0 Å². The van der Waals surface area contributed by atoms with E-state index < -0.39 is 0 Å². The number of ether oxygens (including phenoxy) is 1. The van der Waals surface area contributed by atoms with E-state index >= 15 is 0 Å². The van der Waals surface area contributed by atoms with Crippen molar-refractivity contribution in [1.29, 1.82) is 0 Å². The first-order chi connectivity index (χ1) is 5.25. The van der Waals surface area contributed by atoms with Gasteiger partial charge in [0, 0.05) is 5.92 Å². The standard InChI is InChI=1S/C9H16O2/c1-7(2)8-3-4-9(8)11-6-5-10/h8-10H,1,3-6H2,2H3/t8-,9+/m1/s1. The van der Waals surface area contributed by atoms with Gasteiger partial charge in [-0.1, -0.05) is 12.2 Å². The molecule has 0 unspecified atom stereocenters. The molecule has 0 radical (unpaired) electrons. The quantitative estimate of drug-likeness (QED) is 0.622. The molecule has 1 fully saturated rings. The first kappa shape index (κ1) is 8.75. The van der Waals surface area contributed by atoms with E-state index in [1.54, 1.807) is 0 Å². The van der Waals surface area contributed by atoms with Gasteiger partial charge < -0.3 is 9.84 Å². The molecule has 0 amide bonds. The van der Waals surface area contributed by atoms with Crippen molar-refractivity contribution >= 4 is 0 Å². The molecule has 0 bridgehead atoms. The van der Waals surface area contributed by atoms with Crippen molar-refractivity contribution in [3.05, 3.63) is 12.2 Å². The molecule has 11 heavy (non-hydrogen) atoms. The predicted molar refractivity (Wildman–Crippen MR) is 44.4 cm³/mol. The molecule has 0 spiro atoms. The lowest BCUT2D eigenvalue weighted by Gasteiger charge is -2.36. The van der Waals surface area contributed by atoms with Gasteiger partial charge in [0.1, 0.15) is 0 Å². The van der Waals surface area contributed by atoms with E-state index in [1.165, 1.54) is 12.0 Å². The smallest absolute Gasteiger partial charge is 0.0701 e. The molecule has 1 saturated carbocycles. The minimum Gasteiger partial charge on any atom is -0.394 e. The Bertz CT molecular complexity index is 142. The van der Waals surface area contributed by atoms with Crippen LogP contribution in [0.4, 0.5) is 0 Å². The highest BCUT2D eigenvalue weighted by atomic mass is 16.5. The van der Waals surface area contributed by atoms with E-state index in [4.69, 9.17) is 9.84 Å². The highest BCUT2D eigenvalue weighted by Crippen LogP contribution is 2.34. The Kier molecular flexibility index (Phi) is 3.09. The maximum atomic E-state index is 8.51. The van der Waals surface area contributed by atoms with Crippen molar-refractivity contribution in [2.75, 3.05) is 13.2 Å². The second kappa shape index (κ2) is 3.88. The van der Waals surface area contributed by atoms with Gasteiger partial charge >= 0.3 is 0 Å². The number of aliphatic hydroxyl groups excluding tert-OH is 1. The molecule has 1 rings (SSSR count). The maximum absolute atomic E-state index is 8.51. The second-order valence-electron chi connectivity index (χ2n) is 3.16.